The molecule has 344 valence electrons. The summed E-state index contributed by atoms with van der Waals surface area (Å²) < 4.78 is 27.3. The first-order chi connectivity index (χ1) is 32.8. The number of ether oxygens (including phenoxy) is 4. The van der Waals surface area contributed by atoms with Gasteiger partial charge in [-0.05, 0) is 123 Å². The fourth-order valence-electron chi connectivity index (χ4n) is 12.5. The number of pyridine rings is 2. The Morgan fingerprint density at radius 2 is 1.25 bits per heavy atom. The van der Waals surface area contributed by atoms with E-state index in [-0.39, 0.29) is 11.6 Å². The number of nitrogens with zero attached hydrogens (tertiary/aromatic N) is 6. The second-order valence-electron chi connectivity index (χ2n) is 19.6. The lowest BCUT2D eigenvalue weighted by Gasteiger charge is -2.58. The quantitative estimate of drug-likeness (QED) is 0.105. The number of rotatable bonds is 14. The van der Waals surface area contributed by atoms with Crippen molar-refractivity contribution < 1.29 is 18.9 Å². The Morgan fingerprint density at radius 3 is 1.85 bits per heavy atom. The van der Waals surface area contributed by atoms with Crippen molar-refractivity contribution in [3.05, 3.63) is 133 Å². The van der Waals surface area contributed by atoms with E-state index >= 15 is 0 Å². The van der Waals surface area contributed by atoms with Crippen LogP contribution < -0.4 is 18.9 Å². The summed E-state index contributed by atoms with van der Waals surface area (Å²) in [7, 11) is 3.44. The maximum Gasteiger partial charge on any atom is 0.229 e. The number of hydrogen-bond donors (Lipinski definition) is 0. The van der Waals surface area contributed by atoms with Crippen LogP contribution in [0.4, 0.5) is 0 Å². The summed E-state index contributed by atoms with van der Waals surface area (Å²) in [5, 5.41) is 2.01. The average molecular weight is 895 g/mol. The van der Waals surface area contributed by atoms with E-state index < -0.39 is 12.2 Å². The highest BCUT2D eigenvalue weighted by molar-refractivity contribution is 5.85. The van der Waals surface area contributed by atoms with Gasteiger partial charge >= 0.3 is 0 Å². The van der Waals surface area contributed by atoms with Gasteiger partial charge in [0, 0.05) is 52.9 Å². The molecule has 10 heteroatoms. The molecular formula is C57H62N6O4. The zero-order valence-electron chi connectivity index (χ0n) is 39.5. The van der Waals surface area contributed by atoms with Gasteiger partial charge < -0.3 is 18.9 Å². The van der Waals surface area contributed by atoms with Gasteiger partial charge in [-0.3, -0.25) is 19.8 Å². The van der Waals surface area contributed by atoms with E-state index in [0.717, 1.165) is 100 Å². The minimum absolute atomic E-state index is 0.100. The Kier molecular flexibility index (Phi) is 11.8. The van der Waals surface area contributed by atoms with Crippen LogP contribution in [0.5, 0.6) is 23.3 Å². The predicted molar refractivity (Wildman–Crippen MR) is 265 cm³/mol. The summed E-state index contributed by atoms with van der Waals surface area (Å²) in [6.45, 7) is 11.2. The Balaban J connectivity index is 1.14. The summed E-state index contributed by atoms with van der Waals surface area (Å²) in [5.41, 5.74) is 6.07. The maximum absolute atomic E-state index is 7.87. The standard InChI is InChI=1S/C57H62N6O4/c1-6-36-34-62-28-24-40(36)30-50(62)52(44-22-26-58-48-20-18-42(64-4)31-46(44)48)66-55-51(38-14-10-8-11-15-38)56(61-54(60-55)39-16-12-9-13-17-39)67-53(57(3)33-41-25-29-63(57)35-37(41)7-2)45-23-27-59-49-21-19-43(65-5)32-47(45)49/h8-23,26-27,31-32,36-37,40-41,50,52-53H,6-7,24-25,28-30,33-35H2,1-5H3. The second-order valence-corrected chi connectivity index (χ2v) is 19.6. The topological polar surface area (TPSA) is 95.0 Å². The van der Waals surface area contributed by atoms with Gasteiger partial charge in [-0.25, -0.2) is 0 Å². The van der Waals surface area contributed by atoms with Gasteiger partial charge in [-0.1, -0.05) is 87.4 Å². The number of benzene rings is 4. The Hall–Kier alpha value is -6.10. The van der Waals surface area contributed by atoms with Crippen LogP contribution in [0.3, 0.4) is 0 Å². The Labute approximate surface area is 394 Å². The molecule has 0 spiro atoms. The molecule has 4 aromatic carbocycles. The maximum atomic E-state index is 7.87. The molecule has 0 aliphatic carbocycles. The third-order valence-corrected chi connectivity index (χ3v) is 16.1. The van der Waals surface area contributed by atoms with Crippen molar-refractivity contribution in [1.82, 2.24) is 29.7 Å². The van der Waals surface area contributed by atoms with E-state index in [2.05, 4.69) is 97.3 Å². The molecule has 6 fully saturated rings. The van der Waals surface area contributed by atoms with Gasteiger partial charge in [0.15, 0.2) is 5.82 Å². The molecule has 0 saturated carbocycles. The number of fused-ring (bicyclic) bond motifs is 8. The monoisotopic (exact) mass is 894 g/mol. The zero-order valence-corrected chi connectivity index (χ0v) is 39.5. The fraction of sp³-hybridized carbons (Fsp3) is 0.404. The van der Waals surface area contributed by atoms with E-state index in [0.29, 0.717) is 41.3 Å². The molecule has 0 radical (unpaired) electrons. The molecule has 10 atom stereocenters. The zero-order chi connectivity index (χ0) is 45.6. The Bertz CT molecular complexity index is 2880. The second kappa shape index (κ2) is 18.2. The van der Waals surface area contributed by atoms with Crippen LogP contribution >= 0.6 is 0 Å². The molecular weight excluding hydrogens is 833 g/mol. The summed E-state index contributed by atoms with van der Waals surface area (Å²) in [4.78, 5) is 26.1. The van der Waals surface area contributed by atoms with Gasteiger partial charge in [0.05, 0.1) is 36.8 Å². The molecule has 0 amide bonds. The van der Waals surface area contributed by atoms with Gasteiger partial charge in [-0.15, -0.1) is 0 Å². The van der Waals surface area contributed by atoms with Crippen LogP contribution in [0, 0.1) is 23.7 Å². The summed E-state index contributed by atoms with van der Waals surface area (Å²) in [6.07, 6.45) is 9.78. The van der Waals surface area contributed by atoms with Crippen molar-refractivity contribution in [1.29, 1.82) is 0 Å². The molecule has 6 saturated heterocycles. The average Bonchev–Trinajstić information content (AvgIpc) is 3.39. The fourth-order valence-corrected chi connectivity index (χ4v) is 12.5. The molecule has 13 rings (SSSR count). The molecule has 3 aromatic heterocycles. The lowest BCUT2D eigenvalue weighted by atomic mass is 9.66. The van der Waals surface area contributed by atoms with Crippen LogP contribution in [0.25, 0.3) is 44.3 Å². The molecule has 7 aromatic rings. The first-order valence-electron chi connectivity index (χ1n) is 24.6. The summed E-state index contributed by atoms with van der Waals surface area (Å²) in [6, 6.07) is 37.4. The van der Waals surface area contributed by atoms with Gasteiger partial charge in [0.1, 0.15) is 29.3 Å². The smallest absolute Gasteiger partial charge is 0.229 e. The van der Waals surface area contributed by atoms with Crippen LogP contribution in [0.2, 0.25) is 0 Å². The van der Waals surface area contributed by atoms with E-state index in [9.17, 15) is 0 Å². The number of aromatic nitrogens is 4. The van der Waals surface area contributed by atoms with Crippen molar-refractivity contribution in [3.8, 4) is 45.8 Å². The van der Waals surface area contributed by atoms with Crippen LogP contribution in [0.1, 0.15) is 82.6 Å². The van der Waals surface area contributed by atoms with E-state index in [1.165, 1.54) is 25.7 Å². The van der Waals surface area contributed by atoms with Gasteiger partial charge in [0.2, 0.25) is 11.8 Å². The largest absolute Gasteiger partial charge is 0.497 e. The molecule has 6 aliphatic rings. The molecule has 4 bridgehead atoms. The number of hydrogen-bond acceptors (Lipinski definition) is 10. The number of methoxy groups -OCH3 is 2. The van der Waals surface area contributed by atoms with E-state index in [1.807, 2.05) is 54.9 Å². The van der Waals surface area contributed by atoms with E-state index in [1.54, 1.807) is 14.2 Å². The van der Waals surface area contributed by atoms with Crippen LogP contribution in [-0.4, -0.2) is 81.7 Å². The number of piperidine rings is 6. The highest BCUT2D eigenvalue weighted by Crippen LogP contribution is 2.53. The molecule has 0 N–H and O–H groups in total. The van der Waals surface area contributed by atoms with Crippen molar-refractivity contribution in [3.63, 3.8) is 0 Å². The molecule has 10 nitrogen and oxygen atoms in total. The first kappa shape index (κ1) is 43.5. The van der Waals surface area contributed by atoms with Crippen molar-refractivity contribution in [2.24, 2.45) is 23.7 Å². The van der Waals surface area contributed by atoms with Crippen LogP contribution in [-0.2, 0) is 0 Å². The third kappa shape index (κ3) is 7.95. The normalized spacial score (nSPS) is 26.3. The SMILES string of the molecule is CCC1CN2CCC1CC2C(Oc1nc(-c2ccccc2)nc(OC(c2ccnc3ccc(OC)cc23)C2(C)CC3CCN2CC3CC)c1-c1ccccc1)c1ccnc2ccc(OC)cc12. The lowest BCUT2D eigenvalue weighted by Crippen LogP contribution is -2.63. The van der Waals surface area contributed by atoms with Gasteiger partial charge in [0.25, 0.3) is 0 Å². The Morgan fingerprint density at radius 1 is 0.657 bits per heavy atom. The minimum atomic E-state index is -0.446. The van der Waals surface area contributed by atoms with Gasteiger partial charge in [-0.2, -0.15) is 9.97 Å². The highest BCUT2D eigenvalue weighted by Gasteiger charge is 2.53. The van der Waals surface area contributed by atoms with Crippen molar-refractivity contribution in [2.75, 3.05) is 40.4 Å². The minimum Gasteiger partial charge on any atom is -0.497 e. The molecule has 6 aliphatic heterocycles. The third-order valence-electron chi connectivity index (χ3n) is 16.1. The molecule has 67 heavy (non-hydrogen) atoms. The van der Waals surface area contributed by atoms with Crippen molar-refractivity contribution in [2.45, 2.75) is 83.1 Å². The molecule has 9 heterocycles. The predicted octanol–water partition coefficient (Wildman–Crippen LogP) is 11.8. The van der Waals surface area contributed by atoms with Crippen LogP contribution in [0.15, 0.2) is 122 Å². The highest BCUT2D eigenvalue weighted by atomic mass is 16.5. The van der Waals surface area contributed by atoms with E-state index in [4.69, 9.17) is 38.9 Å². The summed E-state index contributed by atoms with van der Waals surface area (Å²) >= 11 is 0. The summed E-state index contributed by atoms with van der Waals surface area (Å²) in [5.74, 6) is 5.62. The van der Waals surface area contributed by atoms with Crippen molar-refractivity contribution >= 4 is 21.8 Å². The first-order valence-corrected chi connectivity index (χ1v) is 24.6. The lowest BCUT2D eigenvalue weighted by molar-refractivity contribution is -0.109. The molecule has 10 unspecified atom stereocenters.